The van der Waals surface area contributed by atoms with E-state index < -0.39 is 23.7 Å². The molecule has 1 N–H and O–H groups in total. The van der Waals surface area contributed by atoms with Gasteiger partial charge in [0.1, 0.15) is 11.7 Å². The Morgan fingerprint density at radius 2 is 2.25 bits per heavy atom. The first kappa shape index (κ1) is 15.2. The Hall–Kier alpha value is -1.21. The summed E-state index contributed by atoms with van der Waals surface area (Å²) in [6.07, 6.45) is -1.05. The SMILES string of the molecule is Cc1c(Br)cc(C(=O)N2C[C@@H](F)C[C@H]2CO)c(=O)n1C. The number of hydrogen-bond acceptors (Lipinski definition) is 3. The summed E-state index contributed by atoms with van der Waals surface area (Å²) in [4.78, 5) is 25.8. The number of likely N-dealkylation sites (tertiary alicyclic amines) is 1. The van der Waals surface area contributed by atoms with E-state index >= 15 is 0 Å². The van der Waals surface area contributed by atoms with Crippen LogP contribution in [0.3, 0.4) is 0 Å². The second kappa shape index (κ2) is 5.65. The molecule has 0 unspecified atom stereocenters. The molecule has 0 radical (unpaired) electrons. The summed E-state index contributed by atoms with van der Waals surface area (Å²) >= 11 is 3.30. The van der Waals surface area contributed by atoms with Gasteiger partial charge in [0.15, 0.2) is 0 Å². The smallest absolute Gasteiger partial charge is 0.263 e. The Balaban J connectivity index is 2.42. The Labute approximate surface area is 124 Å². The van der Waals surface area contributed by atoms with E-state index in [1.54, 1.807) is 14.0 Å². The fourth-order valence-electron chi connectivity index (χ4n) is 2.38. The minimum Gasteiger partial charge on any atom is -0.394 e. The lowest BCUT2D eigenvalue weighted by atomic mass is 10.2. The fourth-order valence-corrected chi connectivity index (χ4v) is 2.87. The zero-order valence-electron chi connectivity index (χ0n) is 11.3. The predicted molar refractivity (Wildman–Crippen MR) is 75.5 cm³/mol. The number of hydrogen-bond donors (Lipinski definition) is 1. The summed E-state index contributed by atoms with van der Waals surface area (Å²) in [7, 11) is 1.57. The van der Waals surface area contributed by atoms with Crippen LogP contribution in [0.2, 0.25) is 0 Å². The number of carbonyl (C=O) groups excluding carboxylic acids is 1. The molecular weight excluding hydrogens is 331 g/mol. The number of alkyl halides is 1. The van der Waals surface area contributed by atoms with Gasteiger partial charge in [0.2, 0.25) is 0 Å². The molecule has 2 rings (SSSR count). The molecule has 0 aliphatic carbocycles. The van der Waals surface area contributed by atoms with Crippen LogP contribution in [0.4, 0.5) is 4.39 Å². The average molecular weight is 347 g/mol. The Bertz CT molecular complexity index is 602. The third kappa shape index (κ3) is 2.52. The van der Waals surface area contributed by atoms with Crippen LogP contribution in [-0.2, 0) is 7.05 Å². The molecule has 1 aromatic heterocycles. The standard InChI is InChI=1S/C13H16BrFN2O3/c1-7-11(14)4-10(12(19)16(7)2)13(20)17-5-8(15)3-9(17)6-18/h4,8-9,18H,3,5-6H2,1-2H3/t8-,9-/m0/s1. The van der Waals surface area contributed by atoms with E-state index in [1.807, 2.05) is 0 Å². The number of amides is 1. The van der Waals surface area contributed by atoms with Gasteiger partial charge in [-0.15, -0.1) is 0 Å². The number of aliphatic hydroxyl groups is 1. The van der Waals surface area contributed by atoms with Gasteiger partial charge in [-0.05, 0) is 28.9 Å². The average Bonchev–Trinajstić information content (AvgIpc) is 2.81. The number of aromatic nitrogens is 1. The maximum Gasteiger partial charge on any atom is 0.263 e. The van der Waals surface area contributed by atoms with Crippen LogP contribution in [-0.4, -0.2) is 45.8 Å². The molecule has 2 heterocycles. The van der Waals surface area contributed by atoms with Crippen molar-refractivity contribution in [3.8, 4) is 0 Å². The number of carbonyl (C=O) groups is 1. The fraction of sp³-hybridized carbons (Fsp3) is 0.538. The maximum absolute atomic E-state index is 13.4. The molecule has 1 fully saturated rings. The second-order valence-electron chi connectivity index (χ2n) is 4.98. The quantitative estimate of drug-likeness (QED) is 0.868. The minimum atomic E-state index is -1.16. The van der Waals surface area contributed by atoms with Gasteiger partial charge in [-0.2, -0.15) is 0 Å². The van der Waals surface area contributed by atoms with Gasteiger partial charge in [-0.3, -0.25) is 9.59 Å². The van der Waals surface area contributed by atoms with Crippen LogP contribution in [0.25, 0.3) is 0 Å². The molecule has 0 spiro atoms. The number of nitrogens with zero attached hydrogens (tertiary/aromatic N) is 2. The first-order chi connectivity index (χ1) is 9.36. The zero-order valence-corrected chi connectivity index (χ0v) is 12.9. The molecule has 110 valence electrons. The molecule has 1 aliphatic heterocycles. The van der Waals surface area contributed by atoms with Crippen LogP contribution >= 0.6 is 15.9 Å². The summed E-state index contributed by atoms with van der Waals surface area (Å²) in [5, 5.41) is 9.22. The van der Waals surface area contributed by atoms with Crippen LogP contribution in [0.5, 0.6) is 0 Å². The number of pyridine rings is 1. The molecule has 2 atom stereocenters. The van der Waals surface area contributed by atoms with Crippen LogP contribution in [0.15, 0.2) is 15.3 Å². The summed E-state index contributed by atoms with van der Waals surface area (Å²) in [6, 6.07) is 0.891. The van der Waals surface area contributed by atoms with E-state index in [1.165, 1.54) is 15.5 Å². The summed E-state index contributed by atoms with van der Waals surface area (Å²) < 4.78 is 15.4. The molecule has 1 saturated heterocycles. The minimum absolute atomic E-state index is 0.0162. The van der Waals surface area contributed by atoms with Gasteiger partial charge in [0.05, 0.1) is 19.2 Å². The predicted octanol–water partition coefficient (Wildman–Crippen LogP) is 1.00. The van der Waals surface area contributed by atoms with Crippen molar-refractivity contribution in [1.29, 1.82) is 0 Å². The molecule has 1 amide bonds. The maximum atomic E-state index is 13.4. The first-order valence-electron chi connectivity index (χ1n) is 6.28. The normalized spacial score (nSPS) is 22.4. The molecule has 20 heavy (non-hydrogen) atoms. The van der Waals surface area contributed by atoms with E-state index in [4.69, 9.17) is 0 Å². The third-order valence-electron chi connectivity index (χ3n) is 3.72. The van der Waals surface area contributed by atoms with Crippen molar-refractivity contribution >= 4 is 21.8 Å². The van der Waals surface area contributed by atoms with E-state index in [2.05, 4.69) is 15.9 Å². The van der Waals surface area contributed by atoms with Crippen molar-refractivity contribution in [1.82, 2.24) is 9.47 Å². The van der Waals surface area contributed by atoms with Crippen LogP contribution in [0.1, 0.15) is 22.5 Å². The van der Waals surface area contributed by atoms with Gasteiger partial charge in [0, 0.05) is 23.6 Å². The van der Waals surface area contributed by atoms with Crippen LogP contribution < -0.4 is 5.56 Å². The molecular formula is C13H16BrFN2O3. The molecule has 0 aromatic carbocycles. The summed E-state index contributed by atoms with van der Waals surface area (Å²) in [5.41, 5.74) is 0.266. The van der Waals surface area contributed by atoms with Crippen molar-refractivity contribution in [2.24, 2.45) is 7.05 Å². The third-order valence-corrected chi connectivity index (χ3v) is 4.52. The summed E-state index contributed by atoms with van der Waals surface area (Å²) in [5.74, 6) is -0.537. The lowest BCUT2D eigenvalue weighted by Crippen LogP contribution is -2.41. The number of halogens is 2. The van der Waals surface area contributed by atoms with Gasteiger partial charge in [0.25, 0.3) is 11.5 Å². The van der Waals surface area contributed by atoms with Gasteiger partial charge in [-0.1, -0.05) is 0 Å². The van der Waals surface area contributed by atoms with Crippen molar-refractivity contribution in [3.05, 3.63) is 32.2 Å². The lowest BCUT2D eigenvalue weighted by Gasteiger charge is -2.22. The highest BCUT2D eigenvalue weighted by Crippen LogP contribution is 2.23. The molecule has 5 nitrogen and oxygen atoms in total. The molecule has 0 bridgehead atoms. The van der Waals surface area contributed by atoms with Crippen molar-refractivity contribution in [2.75, 3.05) is 13.2 Å². The second-order valence-corrected chi connectivity index (χ2v) is 5.84. The Morgan fingerprint density at radius 1 is 1.60 bits per heavy atom. The first-order valence-corrected chi connectivity index (χ1v) is 7.08. The molecule has 7 heteroatoms. The number of aliphatic hydroxyl groups excluding tert-OH is 1. The van der Waals surface area contributed by atoms with Gasteiger partial charge >= 0.3 is 0 Å². The monoisotopic (exact) mass is 346 g/mol. The van der Waals surface area contributed by atoms with E-state index in [0.717, 1.165) is 0 Å². The van der Waals surface area contributed by atoms with Crippen molar-refractivity contribution in [3.63, 3.8) is 0 Å². The number of rotatable bonds is 2. The van der Waals surface area contributed by atoms with Crippen molar-refractivity contribution in [2.45, 2.75) is 25.6 Å². The highest BCUT2D eigenvalue weighted by molar-refractivity contribution is 9.10. The van der Waals surface area contributed by atoms with E-state index in [9.17, 15) is 19.1 Å². The molecule has 1 aliphatic rings. The Kier molecular flexibility index (Phi) is 4.29. The Morgan fingerprint density at radius 3 is 2.85 bits per heavy atom. The van der Waals surface area contributed by atoms with E-state index in [0.29, 0.717) is 10.2 Å². The summed E-state index contributed by atoms with van der Waals surface area (Å²) in [6.45, 7) is 1.36. The lowest BCUT2D eigenvalue weighted by molar-refractivity contribution is 0.0670. The molecule has 1 aromatic rings. The largest absolute Gasteiger partial charge is 0.394 e. The van der Waals surface area contributed by atoms with E-state index in [-0.39, 0.29) is 25.1 Å². The zero-order chi connectivity index (χ0) is 15.0. The highest BCUT2D eigenvalue weighted by Gasteiger charge is 2.36. The van der Waals surface area contributed by atoms with Crippen LogP contribution in [0, 0.1) is 6.92 Å². The van der Waals surface area contributed by atoms with Gasteiger partial charge < -0.3 is 14.6 Å². The highest BCUT2D eigenvalue weighted by atomic mass is 79.9. The van der Waals surface area contributed by atoms with Gasteiger partial charge in [-0.25, -0.2) is 4.39 Å². The molecule has 0 saturated carbocycles. The topological polar surface area (TPSA) is 62.5 Å². The van der Waals surface area contributed by atoms with Crippen molar-refractivity contribution < 1.29 is 14.3 Å².